The lowest BCUT2D eigenvalue weighted by Gasteiger charge is -2.21. The zero-order chi connectivity index (χ0) is 7.83. The standard InChI is InChI=1S/C5H11FNO2S/c1-7(10(6,8)9)4-2-3-5-7/h2-5H2,1H3/q+1. The van der Waals surface area contributed by atoms with Crippen LogP contribution in [0.15, 0.2) is 0 Å². The van der Waals surface area contributed by atoms with E-state index in [4.69, 9.17) is 0 Å². The lowest BCUT2D eigenvalue weighted by Crippen LogP contribution is -2.43. The minimum atomic E-state index is -4.36. The number of rotatable bonds is 1. The van der Waals surface area contributed by atoms with Gasteiger partial charge in [0.2, 0.25) is 0 Å². The molecule has 1 aliphatic heterocycles. The third-order valence-corrected chi connectivity index (χ3v) is 3.46. The lowest BCUT2D eigenvalue weighted by molar-refractivity contribution is -0.773. The molecule has 3 nitrogen and oxygen atoms in total. The summed E-state index contributed by atoms with van der Waals surface area (Å²) in [5, 5.41) is 0. The van der Waals surface area contributed by atoms with Gasteiger partial charge in [0.15, 0.2) is 0 Å². The van der Waals surface area contributed by atoms with E-state index in [2.05, 4.69) is 0 Å². The maximum Gasteiger partial charge on any atom is 0.474 e. The number of hydrogen-bond donors (Lipinski definition) is 0. The third-order valence-electron chi connectivity index (χ3n) is 2.04. The van der Waals surface area contributed by atoms with Crippen LogP contribution in [-0.2, 0) is 10.4 Å². The zero-order valence-electron chi connectivity index (χ0n) is 5.88. The van der Waals surface area contributed by atoms with Crippen molar-refractivity contribution in [2.45, 2.75) is 12.8 Å². The summed E-state index contributed by atoms with van der Waals surface area (Å²) in [5.41, 5.74) is 0. The molecule has 0 N–H and O–H groups in total. The first-order chi connectivity index (χ1) is 4.46. The van der Waals surface area contributed by atoms with E-state index in [0.717, 1.165) is 12.8 Å². The second-order valence-electron chi connectivity index (χ2n) is 2.86. The number of nitrogens with zero attached hydrogens (tertiary/aromatic N) is 1. The Hall–Kier alpha value is -0.160. The number of likely N-dealkylation sites (tertiary alicyclic amines) is 1. The highest BCUT2D eigenvalue weighted by molar-refractivity contribution is 7.80. The molecule has 10 heavy (non-hydrogen) atoms. The SMILES string of the molecule is C[N+]1(S(=O)(=O)F)CCCC1. The molecule has 60 valence electrons. The monoisotopic (exact) mass is 168 g/mol. The molecule has 0 atom stereocenters. The first-order valence-corrected chi connectivity index (χ1v) is 4.59. The summed E-state index contributed by atoms with van der Waals surface area (Å²) < 4.78 is 32.9. The highest BCUT2D eigenvalue weighted by Crippen LogP contribution is 2.22. The number of hydrogen-bond acceptors (Lipinski definition) is 2. The van der Waals surface area contributed by atoms with Gasteiger partial charge in [-0.25, -0.2) is 0 Å². The molecule has 1 fully saturated rings. The van der Waals surface area contributed by atoms with Gasteiger partial charge in [0.25, 0.3) is 0 Å². The molecule has 1 aliphatic rings. The second-order valence-corrected chi connectivity index (χ2v) is 4.57. The van der Waals surface area contributed by atoms with E-state index < -0.39 is 14.3 Å². The molecule has 1 rings (SSSR count). The van der Waals surface area contributed by atoms with Crippen molar-refractivity contribution in [3.63, 3.8) is 0 Å². The first-order valence-electron chi connectivity index (χ1n) is 3.25. The number of halogens is 1. The molecular formula is C5H11FNO2S+. The van der Waals surface area contributed by atoms with E-state index in [1.54, 1.807) is 0 Å². The Bertz CT molecular complexity index is 218. The van der Waals surface area contributed by atoms with E-state index in [1.807, 2.05) is 0 Å². The van der Waals surface area contributed by atoms with E-state index >= 15 is 0 Å². The highest BCUT2D eigenvalue weighted by atomic mass is 32.3. The predicted molar refractivity (Wildman–Crippen MR) is 35.2 cm³/mol. The Morgan fingerprint density at radius 2 is 1.70 bits per heavy atom. The van der Waals surface area contributed by atoms with Crippen LogP contribution < -0.4 is 0 Å². The molecule has 0 aromatic heterocycles. The van der Waals surface area contributed by atoms with Crippen molar-refractivity contribution in [3.8, 4) is 0 Å². The summed E-state index contributed by atoms with van der Waals surface area (Å²) in [4.78, 5) is 0. The van der Waals surface area contributed by atoms with Crippen molar-refractivity contribution in [1.82, 2.24) is 0 Å². The van der Waals surface area contributed by atoms with Crippen LogP contribution in [0.2, 0.25) is 0 Å². The average molecular weight is 168 g/mol. The molecule has 0 saturated carbocycles. The van der Waals surface area contributed by atoms with Crippen LogP contribution >= 0.6 is 0 Å². The fourth-order valence-electron chi connectivity index (χ4n) is 1.22. The average Bonchev–Trinajstić information content (AvgIpc) is 2.13. The smallest absolute Gasteiger partial charge is 0.192 e. The van der Waals surface area contributed by atoms with Crippen molar-refractivity contribution in [1.29, 1.82) is 0 Å². The molecule has 0 aromatic carbocycles. The molecule has 0 aromatic rings. The minimum absolute atomic E-state index is 0.416. The third kappa shape index (κ3) is 1.15. The Morgan fingerprint density at radius 3 is 1.90 bits per heavy atom. The highest BCUT2D eigenvalue weighted by Gasteiger charge is 2.40. The molecule has 0 aliphatic carbocycles. The van der Waals surface area contributed by atoms with Crippen molar-refractivity contribution < 1.29 is 16.2 Å². The summed E-state index contributed by atoms with van der Waals surface area (Å²) in [6.07, 6.45) is 1.61. The van der Waals surface area contributed by atoms with Gasteiger partial charge in [-0.1, -0.05) is 3.89 Å². The van der Waals surface area contributed by atoms with Crippen LogP contribution in [0, 0.1) is 0 Å². The van der Waals surface area contributed by atoms with E-state index in [1.165, 1.54) is 7.05 Å². The van der Waals surface area contributed by atoms with E-state index in [0.29, 0.717) is 13.1 Å². The van der Waals surface area contributed by atoms with Gasteiger partial charge in [-0.3, -0.25) is 0 Å². The van der Waals surface area contributed by atoms with Gasteiger partial charge in [0, 0.05) is 12.8 Å². The molecule has 0 radical (unpaired) electrons. The van der Waals surface area contributed by atoms with Crippen molar-refractivity contribution in [2.24, 2.45) is 0 Å². The molecular weight excluding hydrogens is 157 g/mol. The summed E-state index contributed by atoms with van der Waals surface area (Å²) in [7, 11) is -2.95. The van der Waals surface area contributed by atoms with Crippen LogP contribution in [0.3, 0.4) is 0 Å². The predicted octanol–water partition coefficient (Wildman–Crippen LogP) is 0.441. The molecule has 1 saturated heterocycles. The summed E-state index contributed by atoms with van der Waals surface area (Å²) >= 11 is 0. The van der Waals surface area contributed by atoms with Gasteiger partial charge in [-0.05, 0) is 0 Å². The van der Waals surface area contributed by atoms with Gasteiger partial charge >= 0.3 is 10.4 Å². The van der Waals surface area contributed by atoms with Gasteiger partial charge in [-0.15, -0.1) is 8.42 Å². The molecule has 0 amide bonds. The summed E-state index contributed by atoms with van der Waals surface area (Å²) in [6, 6.07) is 0. The fourth-order valence-corrected chi connectivity index (χ4v) is 1.92. The van der Waals surface area contributed by atoms with Gasteiger partial charge in [0.05, 0.1) is 20.1 Å². The fraction of sp³-hybridized carbons (Fsp3) is 1.00. The lowest BCUT2D eigenvalue weighted by atomic mass is 10.4. The normalized spacial score (nSPS) is 25.0. The maximum absolute atomic E-state index is 12.4. The van der Waals surface area contributed by atoms with Crippen LogP contribution in [0.25, 0.3) is 0 Å². The molecule has 0 unspecified atom stereocenters. The van der Waals surface area contributed by atoms with Crippen LogP contribution in [0.1, 0.15) is 12.8 Å². The minimum Gasteiger partial charge on any atom is -0.192 e. The first kappa shape index (κ1) is 7.94. The second kappa shape index (κ2) is 2.17. The maximum atomic E-state index is 12.4. The van der Waals surface area contributed by atoms with Gasteiger partial charge < -0.3 is 0 Å². The van der Waals surface area contributed by atoms with Crippen molar-refractivity contribution >= 4 is 10.4 Å². The van der Waals surface area contributed by atoms with Gasteiger partial charge in [-0.2, -0.15) is 3.89 Å². The Morgan fingerprint density at radius 1 is 1.30 bits per heavy atom. The number of quaternary nitrogens is 1. The van der Waals surface area contributed by atoms with Gasteiger partial charge in [0.1, 0.15) is 0 Å². The molecule has 1 heterocycles. The quantitative estimate of drug-likeness (QED) is 0.420. The molecule has 0 bridgehead atoms. The van der Waals surface area contributed by atoms with Crippen LogP contribution in [-0.4, -0.2) is 32.4 Å². The summed E-state index contributed by atoms with van der Waals surface area (Å²) in [5.74, 6) is 0. The van der Waals surface area contributed by atoms with E-state index in [9.17, 15) is 12.3 Å². The largest absolute Gasteiger partial charge is 0.474 e. The van der Waals surface area contributed by atoms with Crippen LogP contribution in [0.4, 0.5) is 3.89 Å². The molecule has 0 spiro atoms. The van der Waals surface area contributed by atoms with E-state index in [-0.39, 0.29) is 0 Å². The topological polar surface area (TPSA) is 34.1 Å². The van der Waals surface area contributed by atoms with Crippen LogP contribution in [0.5, 0.6) is 0 Å². The Balaban J connectivity index is 2.88. The Labute approximate surface area is 60.4 Å². The zero-order valence-corrected chi connectivity index (χ0v) is 6.69. The summed E-state index contributed by atoms with van der Waals surface area (Å²) in [6.45, 7) is 0.831. The Kier molecular flexibility index (Phi) is 1.72. The van der Waals surface area contributed by atoms with Crippen molar-refractivity contribution in [3.05, 3.63) is 0 Å². The van der Waals surface area contributed by atoms with Crippen molar-refractivity contribution in [2.75, 3.05) is 20.1 Å². The molecule has 5 heteroatoms.